The lowest BCUT2D eigenvalue weighted by Gasteiger charge is -2.42. The summed E-state index contributed by atoms with van der Waals surface area (Å²) in [5, 5.41) is 3.50. The first-order valence-corrected chi connectivity index (χ1v) is 12.3. The van der Waals surface area contributed by atoms with Crippen LogP contribution in [0.4, 0.5) is 0 Å². The van der Waals surface area contributed by atoms with Crippen LogP contribution < -0.4 is 5.32 Å². The number of piperazine rings is 1. The Balaban J connectivity index is 0.00000261. The van der Waals surface area contributed by atoms with Gasteiger partial charge in [-0.15, -0.1) is 24.0 Å². The summed E-state index contributed by atoms with van der Waals surface area (Å²) in [4.78, 5) is 9.86. The average Bonchev–Trinajstić information content (AvgIpc) is 2.98. The maximum atomic E-state index is 11.7. The van der Waals surface area contributed by atoms with Crippen LogP contribution in [0.3, 0.4) is 0 Å². The Morgan fingerprint density at radius 1 is 1.07 bits per heavy atom. The fraction of sp³-hybridized carbons (Fsp3) is 0.947. The van der Waals surface area contributed by atoms with Crippen LogP contribution in [-0.2, 0) is 9.84 Å². The largest absolute Gasteiger partial charge is 0.354 e. The van der Waals surface area contributed by atoms with Crippen molar-refractivity contribution in [1.82, 2.24) is 15.1 Å². The number of aliphatic imine (C=N–C) groups is 1. The fourth-order valence-corrected chi connectivity index (χ4v) is 6.32. The van der Waals surface area contributed by atoms with Crippen molar-refractivity contribution in [1.29, 1.82) is 0 Å². The highest BCUT2D eigenvalue weighted by molar-refractivity contribution is 14.0. The normalized spacial score (nSPS) is 27.6. The van der Waals surface area contributed by atoms with Crippen LogP contribution in [0.1, 0.15) is 52.4 Å². The second-order valence-corrected chi connectivity index (χ2v) is 10.8. The van der Waals surface area contributed by atoms with Gasteiger partial charge in [-0.1, -0.05) is 19.3 Å². The highest BCUT2D eigenvalue weighted by Crippen LogP contribution is 2.23. The molecule has 8 heteroatoms. The Bertz CT molecular complexity index is 583. The van der Waals surface area contributed by atoms with Gasteiger partial charge in [0, 0.05) is 44.8 Å². The molecule has 1 atom stereocenters. The molecule has 1 N–H and O–H groups in total. The van der Waals surface area contributed by atoms with E-state index in [1.165, 1.54) is 32.1 Å². The molecule has 158 valence electrons. The van der Waals surface area contributed by atoms with Gasteiger partial charge in [0.15, 0.2) is 15.8 Å². The number of halogens is 1. The van der Waals surface area contributed by atoms with Gasteiger partial charge in [0.1, 0.15) is 0 Å². The van der Waals surface area contributed by atoms with Crippen molar-refractivity contribution in [3.05, 3.63) is 0 Å². The van der Waals surface area contributed by atoms with E-state index in [4.69, 9.17) is 4.99 Å². The third kappa shape index (κ3) is 7.03. The van der Waals surface area contributed by atoms with E-state index in [1.807, 2.05) is 0 Å². The summed E-state index contributed by atoms with van der Waals surface area (Å²) in [6.07, 6.45) is 7.66. The molecule has 27 heavy (non-hydrogen) atoms. The zero-order valence-corrected chi connectivity index (χ0v) is 20.0. The second-order valence-electron chi connectivity index (χ2n) is 8.55. The maximum absolute atomic E-state index is 11.7. The number of hydrogen-bond donors (Lipinski definition) is 1. The van der Waals surface area contributed by atoms with E-state index in [2.05, 4.69) is 29.0 Å². The molecule has 0 aromatic rings. The van der Waals surface area contributed by atoms with Gasteiger partial charge in [0.2, 0.25) is 0 Å². The maximum Gasteiger partial charge on any atom is 0.194 e. The number of hydrogen-bond acceptors (Lipinski definition) is 4. The number of guanidine groups is 1. The van der Waals surface area contributed by atoms with Crippen molar-refractivity contribution >= 4 is 39.8 Å². The Hall–Kier alpha value is -0.0900. The van der Waals surface area contributed by atoms with E-state index >= 15 is 0 Å². The minimum atomic E-state index is -2.82. The quantitative estimate of drug-likeness (QED) is 0.356. The van der Waals surface area contributed by atoms with Gasteiger partial charge in [-0.2, -0.15) is 0 Å². The molecule has 0 amide bonds. The summed E-state index contributed by atoms with van der Waals surface area (Å²) in [7, 11) is -2.82. The van der Waals surface area contributed by atoms with Gasteiger partial charge < -0.3 is 10.2 Å². The highest BCUT2D eigenvalue weighted by Gasteiger charge is 2.29. The first-order valence-electron chi connectivity index (χ1n) is 10.4. The molecular weight excluding hydrogens is 475 g/mol. The molecule has 0 spiro atoms. The Morgan fingerprint density at radius 2 is 1.74 bits per heavy atom. The van der Waals surface area contributed by atoms with Crippen molar-refractivity contribution in [2.75, 3.05) is 44.2 Å². The first-order chi connectivity index (χ1) is 12.4. The molecule has 3 fully saturated rings. The Labute approximate surface area is 182 Å². The molecule has 0 radical (unpaired) electrons. The molecule has 0 bridgehead atoms. The summed E-state index contributed by atoms with van der Waals surface area (Å²) >= 11 is 0. The fourth-order valence-electron chi connectivity index (χ4n) is 4.47. The number of sulfone groups is 1. The van der Waals surface area contributed by atoms with Gasteiger partial charge in [0.05, 0.1) is 11.5 Å². The van der Waals surface area contributed by atoms with Crippen molar-refractivity contribution in [2.24, 2.45) is 10.9 Å². The lowest BCUT2D eigenvalue weighted by atomic mass is 9.94. The van der Waals surface area contributed by atoms with Gasteiger partial charge >= 0.3 is 0 Å². The summed E-state index contributed by atoms with van der Waals surface area (Å²) in [5.41, 5.74) is 0. The predicted molar refractivity (Wildman–Crippen MR) is 123 cm³/mol. The molecule has 2 aliphatic heterocycles. The van der Waals surface area contributed by atoms with E-state index in [1.54, 1.807) is 0 Å². The number of rotatable bonds is 4. The molecule has 1 saturated carbocycles. The van der Waals surface area contributed by atoms with Crippen LogP contribution in [0.2, 0.25) is 0 Å². The number of nitrogens with zero attached hydrogens (tertiary/aromatic N) is 3. The van der Waals surface area contributed by atoms with Crippen LogP contribution in [0, 0.1) is 5.92 Å². The van der Waals surface area contributed by atoms with E-state index in [0.29, 0.717) is 24.1 Å². The lowest BCUT2D eigenvalue weighted by Crippen LogP contribution is -2.55. The standard InChI is InChI=1S/C19H36N4O2S.HI/c1-16(2)21-19(20-14-17-8-13-26(24,25)15-17)23-11-9-22(10-12-23)18-6-4-3-5-7-18;/h16-18H,3-15H2,1-2H3,(H,20,21);1H. The molecule has 1 unspecified atom stereocenters. The first kappa shape index (κ1) is 23.2. The van der Waals surface area contributed by atoms with Crippen LogP contribution >= 0.6 is 24.0 Å². The molecule has 6 nitrogen and oxygen atoms in total. The van der Waals surface area contributed by atoms with Gasteiger partial charge in [-0.25, -0.2) is 8.42 Å². The van der Waals surface area contributed by atoms with E-state index in [9.17, 15) is 8.42 Å². The molecule has 2 saturated heterocycles. The van der Waals surface area contributed by atoms with E-state index in [-0.39, 0.29) is 29.9 Å². The number of nitrogens with one attached hydrogen (secondary N) is 1. The zero-order chi connectivity index (χ0) is 18.6. The van der Waals surface area contributed by atoms with Crippen molar-refractivity contribution in [3.63, 3.8) is 0 Å². The highest BCUT2D eigenvalue weighted by atomic mass is 127. The minimum Gasteiger partial charge on any atom is -0.354 e. The summed E-state index contributed by atoms with van der Waals surface area (Å²) in [6.45, 7) is 9.14. The average molecular weight is 513 g/mol. The molecule has 0 aromatic carbocycles. The topological polar surface area (TPSA) is 65.0 Å². The molecule has 3 aliphatic rings. The van der Waals surface area contributed by atoms with Crippen molar-refractivity contribution in [2.45, 2.75) is 64.5 Å². The van der Waals surface area contributed by atoms with Crippen LogP contribution in [0.25, 0.3) is 0 Å². The Morgan fingerprint density at radius 3 is 2.30 bits per heavy atom. The van der Waals surface area contributed by atoms with Gasteiger partial charge in [-0.3, -0.25) is 9.89 Å². The summed E-state index contributed by atoms with van der Waals surface area (Å²) < 4.78 is 23.3. The SMILES string of the molecule is CC(C)NC(=NCC1CCS(=O)(=O)C1)N1CCN(C2CCCCC2)CC1.I. The smallest absolute Gasteiger partial charge is 0.194 e. The third-order valence-corrected chi connectivity index (χ3v) is 7.79. The van der Waals surface area contributed by atoms with Crippen molar-refractivity contribution < 1.29 is 8.42 Å². The van der Waals surface area contributed by atoms with Crippen molar-refractivity contribution in [3.8, 4) is 0 Å². The van der Waals surface area contributed by atoms with E-state index in [0.717, 1.165) is 44.6 Å². The molecular formula is C19H37IN4O2S. The molecule has 1 aliphatic carbocycles. The van der Waals surface area contributed by atoms with E-state index < -0.39 is 9.84 Å². The van der Waals surface area contributed by atoms with Crippen LogP contribution in [0.5, 0.6) is 0 Å². The predicted octanol–water partition coefficient (Wildman–Crippen LogP) is 2.34. The van der Waals surface area contributed by atoms with Crippen LogP contribution in [-0.4, -0.2) is 80.5 Å². The van der Waals surface area contributed by atoms with Crippen LogP contribution in [0.15, 0.2) is 4.99 Å². The molecule has 3 rings (SSSR count). The monoisotopic (exact) mass is 512 g/mol. The summed E-state index contributed by atoms with van der Waals surface area (Å²) in [5.74, 6) is 1.79. The lowest BCUT2D eigenvalue weighted by molar-refractivity contribution is 0.105. The zero-order valence-electron chi connectivity index (χ0n) is 16.9. The second kappa shape index (κ2) is 10.6. The molecule has 2 heterocycles. The van der Waals surface area contributed by atoms with Gasteiger partial charge in [0.25, 0.3) is 0 Å². The summed E-state index contributed by atoms with van der Waals surface area (Å²) in [6, 6.07) is 1.12. The molecule has 0 aromatic heterocycles. The minimum absolute atomic E-state index is 0. The Kier molecular flexibility index (Phi) is 9.12. The third-order valence-electron chi connectivity index (χ3n) is 5.95. The van der Waals surface area contributed by atoms with Gasteiger partial charge in [-0.05, 0) is 39.0 Å².